The molecule has 1 aromatic heterocycles. The van der Waals surface area contributed by atoms with Gasteiger partial charge in [0.25, 0.3) is 5.91 Å². The highest BCUT2D eigenvalue weighted by atomic mass is 16.3. The minimum atomic E-state index is -0.253. The monoisotopic (exact) mass is 355 g/mol. The molecule has 0 saturated carbocycles. The molecule has 2 aromatic rings. The van der Waals surface area contributed by atoms with Crippen molar-refractivity contribution in [3.8, 4) is 0 Å². The summed E-state index contributed by atoms with van der Waals surface area (Å²) in [5.41, 5.74) is 3.07. The summed E-state index contributed by atoms with van der Waals surface area (Å²) in [5.74, 6) is 0.240. The molecular formula is C20H25N3O3. The molecule has 0 unspecified atom stereocenters. The number of anilines is 1. The van der Waals surface area contributed by atoms with Gasteiger partial charge in [-0.3, -0.25) is 14.5 Å². The smallest absolute Gasteiger partial charge is 0.289 e. The zero-order valence-corrected chi connectivity index (χ0v) is 15.5. The van der Waals surface area contributed by atoms with Gasteiger partial charge in [-0.2, -0.15) is 0 Å². The molecule has 2 heterocycles. The number of benzene rings is 1. The molecule has 1 aromatic carbocycles. The van der Waals surface area contributed by atoms with Crippen LogP contribution in [0, 0.1) is 13.8 Å². The van der Waals surface area contributed by atoms with Crippen LogP contribution >= 0.6 is 0 Å². The van der Waals surface area contributed by atoms with Crippen molar-refractivity contribution in [3.05, 3.63) is 53.5 Å². The number of piperazine rings is 1. The van der Waals surface area contributed by atoms with Crippen molar-refractivity contribution in [2.45, 2.75) is 26.8 Å². The van der Waals surface area contributed by atoms with Gasteiger partial charge in [-0.15, -0.1) is 0 Å². The van der Waals surface area contributed by atoms with Crippen molar-refractivity contribution in [2.24, 2.45) is 0 Å². The molecule has 0 spiro atoms. The SMILES string of the molecule is Cc1ccc(NC(=O)[C@@H](C)N2CCN(C(=O)c3ccco3)CC2)c(C)c1. The predicted molar refractivity (Wildman–Crippen MR) is 100 cm³/mol. The maximum Gasteiger partial charge on any atom is 0.289 e. The van der Waals surface area contributed by atoms with E-state index in [1.807, 2.05) is 32.9 Å². The molecule has 1 atom stereocenters. The quantitative estimate of drug-likeness (QED) is 0.916. The van der Waals surface area contributed by atoms with E-state index in [0.717, 1.165) is 11.3 Å². The molecule has 1 saturated heterocycles. The van der Waals surface area contributed by atoms with Crippen molar-refractivity contribution in [1.29, 1.82) is 0 Å². The lowest BCUT2D eigenvalue weighted by Gasteiger charge is -2.37. The molecule has 6 nitrogen and oxygen atoms in total. The zero-order chi connectivity index (χ0) is 18.7. The minimum Gasteiger partial charge on any atom is -0.459 e. The van der Waals surface area contributed by atoms with E-state index in [-0.39, 0.29) is 17.9 Å². The molecule has 0 aliphatic carbocycles. The lowest BCUT2D eigenvalue weighted by Crippen LogP contribution is -2.54. The lowest BCUT2D eigenvalue weighted by atomic mass is 10.1. The van der Waals surface area contributed by atoms with E-state index in [0.29, 0.717) is 31.9 Å². The Kier molecular flexibility index (Phi) is 5.42. The molecule has 3 rings (SSSR count). The maximum atomic E-state index is 12.6. The minimum absolute atomic E-state index is 0.0252. The molecule has 6 heteroatoms. The van der Waals surface area contributed by atoms with Crippen LogP contribution in [0.2, 0.25) is 0 Å². The van der Waals surface area contributed by atoms with Gasteiger partial charge in [-0.1, -0.05) is 17.7 Å². The fourth-order valence-electron chi connectivity index (χ4n) is 3.23. The standard InChI is InChI=1S/C20H25N3O3/c1-14-6-7-17(15(2)13-14)21-19(24)16(3)22-8-10-23(11-9-22)20(25)18-5-4-12-26-18/h4-7,12-13,16H,8-11H2,1-3H3,(H,21,24)/t16-/m1/s1. The third-order valence-corrected chi connectivity index (χ3v) is 4.90. The number of rotatable bonds is 4. The topological polar surface area (TPSA) is 65.8 Å². The maximum absolute atomic E-state index is 12.6. The first kappa shape index (κ1) is 18.2. The molecule has 138 valence electrons. The third kappa shape index (κ3) is 3.96. The summed E-state index contributed by atoms with van der Waals surface area (Å²) < 4.78 is 5.18. The van der Waals surface area contributed by atoms with E-state index in [2.05, 4.69) is 16.3 Å². The number of nitrogens with one attached hydrogen (secondary N) is 1. The highest BCUT2D eigenvalue weighted by Crippen LogP contribution is 2.17. The molecule has 0 radical (unpaired) electrons. The highest BCUT2D eigenvalue weighted by molar-refractivity contribution is 5.95. The van der Waals surface area contributed by atoms with E-state index in [4.69, 9.17) is 4.42 Å². The summed E-state index contributed by atoms with van der Waals surface area (Å²) in [5, 5.41) is 3.01. The largest absolute Gasteiger partial charge is 0.459 e. The second-order valence-electron chi connectivity index (χ2n) is 6.79. The number of hydrogen-bond donors (Lipinski definition) is 1. The van der Waals surface area contributed by atoms with Crippen LogP contribution in [0.15, 0.2) is 41.0 Å². The van der Waals surface area contributed by atoms with E-state index in [9.17, 15) is 9.59 Å². The molecule has 1 aliphatic heterocycles. The molecule has 26 heavy (non-hydrogen) atoms. The summed E-state index contributed by atoms with van der Waals surface area (Å²) in [6.07, 6.45) is 1.50. The van der Waals surface area contributed by atoms with Crippen LogP contribution in [0.3, 0.4) is 0 Å². The second-order valence-corrected chi connectivity index (χ2v) is 6.79. The average Bonchev–Trinajstić information content (AvgIpc) is 3.17. The first-order valence-electron chi connectivity index (χ1n) is 8.90. The Hall–Kier alpha value is -2.60. The third-order valence-electron chi connectivity index (χ3n) is 4.90. The Labute approximate surface area is 153 Å². The fraction of sp³-hybridized carbons (Fsp3) is 0.400. The van der Waals surface area contributed by atoms with Crippen LogP contribution in [-0.2, 0) is 4.79 Å². The highest BCUT2D eigenvalue weighted by Gasteiger charge is 2.28. The van der Waals surface area contributed by atoms with Crippen LogP contribution in [0.5, 0.6) is 0 Å². The summed E-state index contributed by atoms with van der Waals surface area (Å²) in [6, 6.07) is 9.12. The Morgan fingerprint density at radius 2 is 1.85 bits per heavy atom. The molecule has 1 aliphatic rings. The molecule has 1 N–H and O–H groups in total. The molecule has 2 amide bonds. The number of carbonyl (C=O) groups excluding carboxylic acids is 2. The van der Waals surface area contributed by atoms with Crippen LogP contribution in [0.1, 0.15) is 28.6 Å². The Morgan fingerprint density at radius 3 is 2.46 bits per heavy atom. The molecular weight excluding hydrogens is 330 g/mol. The number of nitrogens with zero attached hydrogens (tertiary/aromatic N) is 2. The van der Waals surface area contributed by atoms with Gasteiger partial charge in [0, 0.05) is 31.9 Å². The van der Waals surface area contributed by atoms with Gasteiger partial charge in [0.2, 0.25) is 5.91 Å². The van der Waals surface area contributed by atoms with Gasteiger partial charge < -0.3 is 14.6 Å². The van der Waals surface area contributed by atoms with Crippen LogP contribution in [-0.4, -0.2) is 53.8 Å². The molecule has 1 fully saturated rings. The van der Waals surface area contributed by atoms with Crippen molar-refractivity contribution in [2.75, 3.05) is 31.5 Å². The Balaban J connectivity index is 1.55. The van der Waals surface area contributed by atoms with Gasteiger partial charge in [0.05, 0.1) is 12.3 Å². The van der Waals surface area contributed by atoms with Gasteiger partial charge in [-0.05, 0) is 44.5 Å². The number of hydrogen-bond acceptors (Lipinski definition) is 4. The van der Waals surface area contributed by atoms with Gasteiger partial charge in [0.1, 0.15) is 0 Å². The zero-order valence-electron chi connectivity index (χ0n) is 15.5. The lowest BCUT2D eigenvalue weighted by molar-refractivity contribution is -0.121. The van der Waals surface area contributed by atoms with Gasteiger partial charge in [-0.25, -0.2) is 0 Å². The second kappa shape index (κ2) is 7.74. The average molecular weight is 355 g/mol. The van der Waals surface area contributed by atoms with Crippen molar-refractivity contribution in [3.63, 3.8) is 0 Å². The van der Waals surface area contributed by atoms with Crippen LogP contribution < -0.4 is 5.32 Å². The van der Waals surface area contributed by atoms with E-state index < -0.39 is 0 Å². The van der Waals surface area contributed by atoms with Crippen molar-refractivity contribution in [1.82, 2.24) is 9.80 Å². The first-order chi connectivity index (χ1) is 12.5. The van der Waals surface area contributed by atoms with E-state index >= 15 is 0 Å². The van der Waals surface area contributed by atoms with E-state index in [1.54, 1.807) is 17.0 Å². The van der Waals surface area contributed by atoms with Crippen molar-refractivity contribution >= 4 is 17.5 Å². The van der Waals surface area contributed by atoms with Gasteiger partial charge >= 0.3 is 0 Å². The van der Waals surface area contributed by atoms with Crippen LogP contribution in [0.4, 0.5) is 5.69 Å². The van der Waals surface area contributed by atoms with Crippen molar-refractivity contribution < 1.29 is 14.0 Å². The normalized spacial score (nSPS) is 16.3. The first-order valence-corrected chi connectivity index (χ1v) is 8.90. The summed E-state index contributed by atoms with van der Waals surface area (Å²) in [6.45, 7) is 8.42. The Morgan fingerprint density at radius 1 is 1.12 bits per heavy atom. The fourth-order valence-corrected chi connectivity index (χ4v) is 3.23. The summed E-state index contributed by atoms with van der Waals surface area (Å²) >= 11 is 0. The predicted octanol–water partition coefficient (Wildman–Crippen LogP) is 2.68. The number of carbonyl (C=O) groups is 2. The number of furan rings is 1. The van der Waals surface area contributed by atoms with E-state index in [1.165, 1.54) is 11.8 Å². The number of amides is 2. The Bertz CT molecular complexity index is 778. The van der Waals surface area contributed by atoms with Gasteiger partial charge in [0.15, 0.2) is 5.76 Å². The number of aryl methyl sites for hydroxylation is 2. The summed E-state index contributed by atoms with van der Waals surface area (Å²) in [4.78, 5) is 28.8. The van der Waals surface area contributed by atoms with Crippen LogP contribution in [0.25, 0.3) is 0 Å². The molecule has 0 bridgehead atoms. The summed E-state index contributed by atoms with van der Waals surface area (Å²) in [7, 11) is 0.